The van der Waals surface area contributed by atoms with E-state index in [1.807, 2.05) is 18.9 Å². The molecule has 1 saturated heterocycles. The van der Waals surface area contributed by atoms with Crippen molar-refractivity contribution in [2.24, 2.45) is 0 Å². The van der Waals surface area contributed by atoms with Crippen LogP contribution in [-0.4, -0.2) is 52.8 Å². The Bertz CT molecular complexity index is 352. The van der Waals surface area contributed by atoms with Crippen LogP contribution >= 0.6 is 0 Å². The molecule has 110 valence electrons. The van der Waals surface area contributed by atoms with E-state index in [9.17, 15) is 9.59 Å². The Morgan fingerprint density at radius 2 is 2.05 bits per heavy atom. The lowest BCUT2D eigenvalue weighted by Gasteiger charge is -2.30. The van der Waals surface area contributed by atoms with Gasteiger partial charge in [0.25, 0.3) is 0 Å². The Hall–Kier alpha value is -1.30. The molecule has 2 N–H and O–H groups in total. The number of hydrogen-bond donors (Lipinski definition) is 2. The quantitative estimate of drug-likeness (QED) is 0.813. The molecule has 0 aliphatic carbocycles. The summed E-state index contributed by atoms with van der Waals surface area (Å²) in [7, 11) is 1.92. The lowest BCUT2D eigenvalue weighted by Crippen LogP contribution is -2.52. The first kappa shape index (κ1) is 15.8. The highest BCUT2D eigenvalue weighted by Crippen LogP contribution is 2.29. The molecule has 1 aliphatic rings. The molecule has 2 unspecified atom stereocenters. The van der Waals surface area contributed by atoms with Gasteiger partial charge in [-0.15, -0.1) is 0 Å². The van der Waals surface area contributed by atoms with Crippen molar-refractivity contribution in [2.45, 2.75) is 57.7 Å². The Labute approximate surface area is 114 Å². The minimum Gasteiger partial charge on any atom is -0.481 e. The highest BCUT2D eigenvalue weighted by molar-refractivity contribution is 5.73. The van der Waals surface area contributed by atoms with E-state index in [0.717, 1.165) is 0 Å². The van der Waals surface area contributed by atoms with Crippen molar-refractivity contribution in [1.29, 1.82) is 0 Å². The predicted molar refractivity (Wildman–Crippen MR) is 71.1 cm³/mol. The molecule has 19 heavy (non-hydrogen) atoms. The second-order valence-electron chi connectivity index (χ2n) is 6.45. The Morgan fingerprint density at radius 3 is 2.42 bits per heavy atom. The molecule has 6 nitrogen and oxygen atoms in total. The number of alkyl carbamates (subject to hydrolysis) is 1. The monoisotopic (exact) mass is 272 g/mol. The van der Waals surface area contributed by atoms with Crippen molar-refractivity contribution in [3.05, 3.63) is 0 Å². The summed E-state index contributed by atoms with van der Waals surface area (Å²) in [6.07, 6.45) is -0.0491. The number of likely N-dealkylation sites (tertiary alicyclic amines) is 1. The van der Waals surface area contributed by atoms with E-state index in [2.05, 4.69) is 5.32 Å². The van der Waals surface area contributed by atoms with Crippen molar-refractivity contribution in [3.8, 4) is 0 Å². The van der Waals surface area contributed by atoms with E-state index < -0.39 is 23.2 Å². The van der Waals surface area contributed by atoms with Crippen LogP contribution in [0, 0.1) is 0 Å². The molecule has 2 atom stereocenters. The molecular weight excluding hydrogens is 248 g/mol. The maximum absolute atomic E-state index is 11.9. The summed E-state index contributed by atoms with van der Waals surface area (Å²) in [5.74, 6) is -0.918. The standard InChI is InChI=1S/C13H24N2O4/c1-9-6-13(7-10(16)17,8-15(9)5)14-11(18)19-12(2,3)4/h9H,6-8H2,1-5H3,(H,14,18)(H,16,17). The van der Waals surface area contributed by atoms with Gasteiger partial charge in [0.1, 0.15) is 5.60 Å². The van der Waals surface area contributed by atoms with E-state index in [0.29, 0.717) is 13.0 Å². The van der Waals surface area contributed by atoms with E-state index in [1.54, 1.807) is 20.8 Å². The smallest absolute Gasteiger partial charge is 0.408 e. The first-order valence-corrected chi connectivity index (χ1v) is 6.46. The fourth-order valence-corrected chi connectivity index (χ4v) is 2.49. The molecule has 0 saturated carbocycles. The van der Waals surface area contributed by atoms with Gasteiger partial charge >= 0.3 is 12.1 Å². The predicted octanol–water partition coefficient (Wildman–Crippen LogP) is 1.45. The highest BCUT2D eigenvalue weighted by atomic mass is 16.6. The molecule has 6 heteroatoms. The number of hydrogen-bond acceptors (Lipinski definition) is 4. The molecule has 1 amide bonds. The molecule has 0 aromatic heterocycles. The molecule has 0 aromatic rings. The van der Waals surface area contributed by atoms with Crippen LogP contribution in [0.15, 0.2) is 0 Å². The average Bonchev–Trinajstić information content (AvgIpc) is 2.35. The zero-order valence-corrected chi connectivity index (χ0v) is 12.3. The number of carbonyl (C=O) groups is 2. The van der Waals surface area contributed by atoms with Gasteiger partial charge in [0.2, 0.25) is 0 Å². The van der Waals surface area contributed by atoms with Crippen molar-refractivity contribution >= 4 is 12.1 Å². The minimum atomic E-state index is -0.918. The summed E-state index contributed by atoms with van der Waals surface area (Å²) in [6.45, 7) is 7.86. The zero-order valence-electron chi connectivity index (χ0n) is 12.3. The van der Waals surface area contributed by atoms with Crippen LogP contribution in [0.1, 0.15) is 40.5 Å². The third-order valence-corrected chi connectivity index (χ3v) is 3.25. The molecule has 1 heterocycles. The second kappa shape index (κ2) is 5.36. The number of nitrogens with zero attached hydrogens (tertiary/aromatic N) is 1. The maximum Gasteiger partial charge on any atom is 0.408 e. The lowest BCUT2D eigenvalue weighted by atomic mass is 9.92. The molecule has 0 radical (unpaired) electrons. The Balaban J connectivity index is 2.77. The first-order chi connectivity index (χ1) is 8.53. The molecule has 1 fully saturated rings. The fourth-order valence-electron chi connectivity index (χ4n) is 2.49. The largest absolute Gasteiger partial charge is 0.481 e. The van der Waals surface area contributed by atoms with E-state index in [4.69, 9.17) is 9.84 Å². The SMILES string of the molecule is CC1CC(CC(=O)O)(NC(=O)OC(C)(C)C)CN1C. The van der Waals surface area contributed by atoms with Gasteiger partial charge in [-0.3, -0.25) is 4.79 Å². The number of nitrogens with one attached hydrogen (secondary N) is 1. The van der Waals surface area contributed by atoms with E-state index in [1.165, 1.54) is 0 Å². The van der Waals surface area contributed by atoms with Gasteiger partial charge in [-0.1, -0.05) is 0 Å². The zero-order chi connectivity index (χ0) is 14.8. The third-order valence-electron chi connectivity index (χ3n) is 3.25. The number of carboxylic acid groups (broad SMARTS) is 1. The van der Waals surface area contributed by atoms with Gasteiger partial charge in [0, 0.05) is 12.6 Å². The number of carbonyl (C=O) groups excluding carboxylic acids is 1. The van der Waals surface area contributed by atoms with Gasteiger partial charge in [0.15, 0.2) is 0 Å². The third kappa shape index (κ3) is 4.70. The van der Waals surface area contributed by atoms with Gasteiger partial charge < -0.3 is 20.1 Å². The number of amides is 1. The lowest BCUT2D eigenvalue weighted by molar-refractivity contribution is -0.138. The summed E-state index contributed by atoms with van der Waals surface area (Å²) in [5.41, 5.74) is -1.34. The summed E-state index contributed by atoms with van der Waals surface area (Å²) in [4.78, 5) is 24.9. The topological polar surface area (TPSA) is 78.9 Å². The molecule has 0 aromatic carbocycles. The molecule has 1 aliphatic heterocycles. The van der Waals surface area contributed by atoms with Crippen LogP contribution in [0.4, 0.5) is 4.79 Å². The van der Waals surface area contributed by atoms with E-state index in [-0.39, 0.29) is 12.5 Å². The first-order valence-electron chi connectivity index (χ1n) is 6.46. The molecule has 1 rings (SSSR count). The van der Waals surface area contributed by atoms with Crippen LogP contribution < -0.4 is 5.32 Å². The average molecular weight is 272 g/mol. The summed E-state index contributed by atoms with van der Waals surface area (Å²) >= 11 is 0. The molecule has 0 bridgehead atoms. The maximum atomic E-state index is 11.9. The van der Waals surface area contributed by atoms with Crippen LogP contribution in [0.25, 0.3) is 0 Å². The van der Waals surface area contributed by atoms with Crippen molar-refractivity contribution < 1.29 is 19.4 Å². The van der Waals surface area contributed by atoms with Crippen LogP contribution in [0.5, 0.6) is 0 Å². The number of rotatable bonds is 3. The van der Waals surface area contributed by atoms with Crippen LogP contribution in [-0.2, 0) is 9.53 Å². The molecule has 0 spiro atoms. The van der Waals surface area contributed by atoms with Crippen molar-refractivity contribution in [3.63, 3.8) is 0 Å². The Morgan fingerprint density at radius 1 is 1.47 bits per heavy atom. The number of ether oxygens (including phenoxy) is 1. The second-order valence-corrected chi connectivity index (χ2v) is 6.45. The van der Waals surface area contributed by atoms with E-state index >= 15 is 0 Å². The normalized spacial score (nSPS) is 28.2. The Kier molecular flexibility index (Phi) is 4.45. The van der Waals surface area contributed by atoms with Gasteiger partial charge in [-0.2, -0.15) is 0 Å². The number of aliphatic carboxylic acids is 1. The van der Waals surface area contributed by atoms with Gasteiger partial charge in [-0.25, -0.2) is 4.79 Å². The fraction of sp³-hybridized carbons (Fsp3) is 0.846. The van der Waals surface area contributed by atoms with Crippen LogP contribution in [0.2, 0.25) is 0 Å². The van der Waals surface area contributed by atoms with Crippen molar-refractivity contribution in [1.82, 2.24) is 10.2 Å². The minimum absolute atomic E-state index is 0.0963. The number of likely N-dealkylation sites (N-methyl/N-ethyl adjacent to an activating group) is 1. The number of carboxylic acids is 1. The highest BCUT2D eigenvalue weighted by Gasteiger charge is 2.44. The summed E-state index contributed by atoms with van der Waals surface area (Å²) in [6, 6.07) is 0.231. The summed E-state index contributed by atoms with van der Waals surface area (Å²) in [5, 5.41) is 11.8. The van der Waals surface area contributed by atoms with Gasteiger partial charge in [-0.05, 0) is 41.2 Å². The summed E-state index contributed by atoms with van der Waals surface area (Å²) < 4.78 is 5.22. The van der Waals surface area contributed by atoms with Crippen molar-refractivity contribution in [2.75, 3.05) is 13.6 Å². The molecular formula is C13H24N2O4. The van der Waals surface area contributed by atoms with Crippen LogP contribution in [0.3, 0.4) is 0 Å². The van der Waals surface area contributed by atoms with Gasteiger partial charge in [0.05, 0.1) is 12.0 Å².